The summed E-state index contributed by atoms with van der Waals surface area (Å²) < 4.78 is 22.7. The molecule has 2 heterocycles. The van der Waals surface area contributed by atoms with Gasteiger partial charge in [-0.1, -0.05) is 198 Å². The van der Waals surface area contributed by atoms with Crippen LogP contribution in [0.5, 0.6) is 0 Å². The van der Waals surface area contributed by atoms with Crippen molar-refractivity contribution in [3.8, 4) is 0 Å². The minimum Gasteiger partial charge on any atom is -0.394 e. The molecule has 2 rings (SSSR count). The number of ether oxygens (including phenoxy) is 4. The average molecular weight is 1010 g/mol. The highest BCUT2D eigenvalue weighted by atomic mass is 16.7. The fourth-order valence-electron chi connectivity index (χ4n) is 9.36. The van der Waals surface area contributed by atoms with Crippen molar-refractivity contribution in [2.24, 2.45) is 0 Å². The molecule has 9 N–H and O–H groups in total. The number of carbonyl (C=O) groups is 1. The lowest BCUT2D eigenvalue weighted by Gasteiger charge is -2.46. The van der Waals surface area contributed by atoms with E-state index in [1.807, 2.05) is 6.08 Å². The summed E-state index contributed by atoms with van der Waals surface area (Å²) in [6.07, 6.45) is 34.6. The largest absolute Gasteiger partial charge is 0.394 e. The zero-order valence-electron chi connectivity index (χ0n) is 44.5. The van der Waals surface area contributed by atoms with Crippen molar-refractivity contribution >= 4 is 5.91 Å². The van der Waals surface area contributed by atoms with E-state index in [2.05, 4.69) is 43.5 Å². The third-order valence-corrected chi connectivity index (χ3v) is 14.0. The second-order valence-corrected chi connectivity index (χ2v) is 20.4. The van der Waals surface area contributed by atoms with Crippen molar-refractivity contribution in [1.29, 1.82) is 0 Å². The number of unbranched alkanes of at least 4 members (excludes halogenated alkanes) is 28. The summed E-state index contributed by atoms with van der Waals surface area (Å²) in [5.41, 5.74) is 0. The van der Waals surface area contributed by atoms with Crippen LogP contribution in [-0.4, -0.2) is 140 Å². The first kappa shape index (κ1) is 65.3. The van der Waals surface area contributed by atoms with Crippen LogP contribution < -0.4 is 5.32 Å². The standard InChI is InChI=1S/C57H105NO13/c1-3-5-7-9-11-13-15-17-19-21-23-24-26-28-30-32-34-36-38-40-46(61)45(58-49(62)41-39-37-35-33-31-29-27-25-22-20-18-16-14-12-10-8-6-4-2)44-68-56-54(67)52(65)55(48(43-60)70-56)71-57-53(66)51(64)50(63)47(42-59)69-57/h20,22,30,32,38,40,45-48,50-57,59-61,63-67H,3-19,21,23-29,31,33-37,39,41-44H2,1-2H3,(H,58,62)/b22-20-,32-30+,40-38+. The van der Waals surface area contributed by atoms with Crippen LogP contribution in [0.2, 0.25) is 0 Å². The van der Waals surface area contributed by atoms with Crippen LogP contribution in [0, 0.1) is 0 Å². The highest BCUT2D eigenvalue weighted by Crippen LogP contribution is 2.30. The van der Waals surface area contributed by atoms with E-state index in [4.69, 9.17) is 18.9 Å². The number of carbonyl (C=O) groups excluding carboxylic acids is 1. The topological polar surface area (TPSA) is 228 Å². The Bertz CT molecular complexity index is 1330. The number of aliphatic hydroxyl groups is 8. The molecule has 0 aromatic heterocycles. The molecule has 0 radical (unpaired) electrons. The Morgan fingerprint density at radius 2 is 0.901 bits per heavy atom. The van der Waals surface area contributed by atoms with E-state index < -0.39 is 86.8 Å². The summed E-state index contributed by atoms with van der Waals surface area (Å²) in [5.74, 6) is -0.253. The molecule has 71 heavy (non-hydrogen) atoms. The number of aliphatic hydroxyl groups excluding tert-OH is 8. The van der Waals surface area contributed by atoms with E-state index in [9.17, 15) is 45.6 Å². The molecule has 1 amide bonds. The monoisotopic (exact) mass is 1010 g/mol. The summed E-state index contributed by atoms with van der Waals surface area (Å²) in [7, 11) is 0. The first-order chi connectivity index (χ1) is 34.6. The fourth-order valence-corrected chi connectivity index (χ4v) is 9.36. The van der Waals surface area contributed by atoms with Gasteiger partial charge in [-0.25, -0.2) is 0 Å². The molecule has 0 aliphatic carbocycles. The highest BCUT2D eigenvalue weighted by molar-refractivity contribution is 5.76. The van der Waals surface area contributed by atoms with E-state index in [0.29, 0.717) is 12.8 Å². The molecule has 2 saturated heterocycles. The van der Waals surface area contributed by atoms with E-state index in [-0.39, 0.29) is 18.9 Å². The Kier molecular flexibility index (Phi) is 40.0. The van der Waals surface area contributed by atoms with Gasteiger partial charge in [-0.3, -0.25) is 4.79 Å². The highest BCUT2D eigenvalue weighted by Gasteiger charge is 2.51. The zero-order chi connectivity index (χ0) is 51.7. The quantitative estimate of drug-likeness (QED) is 0.0205. The van der Waals surface area contributed by atoms with E-state index in [0.717, 1.165) is 38.5 Å². The molecule has 14 heteroatoms. The van der Waals surface area contributed by atoms with E-state index >= 15 is 0 Å². The molecule has 0 saturated carbocycles. The number of allylic oxidation sites excluding steroid dienone is 5. The summed E-state index contributed by atoms with van der Waals surface area (Å²) in [6, 6.07) is -0.932. The van der Waals surface area contributed by atoms with Crippen molar-refractivity contribution in [1.82, 2.24) is 5.32 Å². The van der Waals surface area contributed by atoms with Crippen molar-refractivity contribution in [2.45, 2.75) is 299 Å². The van der Waals surface area contributed by atoms with Gasteiger partial charge in [-0.15, -0.1) is 0 Å². The van der Waals surface area contributed by atoms with Gasteiger partial charge in [-0.2, -0.15) is 0 Å². The molecule has 12 unspecified atom stereocenters. The Balaban J connectivity index is 1.81. The summed E-state index contributed by atoms with van der Waals surface area (Å²) in [4.78, 5) is 13.2. The Morgan fingerprint density at radius 3 is 1.38 bits per heavy atom. The lowest BCUT2D eigenvalue weighted by atomic mass is 9.97. The van der Waals surface area contributed by atoms with Crippen molar-refractivity contribution < 1.29 is 64.6 Å². The number of rotatable bonds is 45. The third kappa shape index (κ3) is 29.8. The van der Waals surface area contributed by atoms with E-state index in [1.165, 1.54) is 154 Å². The molecule has 2 aliphatic heterocycles. The van der Waals surface area contributed by atoms with Gasteiger partial charge in [0.2, 0.25) is 5.91 Å². The molecule has 2 aliphatic rings. The Morgan fingerprint density at radius 1 is 0.493 bits per heavy atom. The maximum Gasteiger partial charge on any atom is 0.220 e. The van der Waals surface area contributed by atoms with Gasteiger partial charge in [0.25, 0.3) is 0 Å². The maximum atomic E-state index is 13.2. The van der Waals surface area contributed by atoms with E-state index in [1.54, 1.807) is 6.08 Å². The van der Waals surface area contributed by atoms with Crippen LogP contribution >= 0.6 is 0 Å². The van der Waals surface area contributed by atoms with Gasteiger partial charge in [0.05, 0.1) is 32.0 Å². The molecule has 0 bridgehead atoms. The maximum absolute atomic E-state index is 13.2. The minimum atomic E-state index is -1.79. The van der Waals surface area contributed by atoms with Gasteiger partial charge in [-0.05, 0) is 57.8 Å². The predicted octanol–water partition coefficient (Wildman–Crippen LogP) is 9.05. The number of hydrogen-bond acceptors (Lipinski definition) is 13. The Hall–Kier alpha value is -1.79. The van der Waals surface area contributed by atoms with Crippen molar-refractivity contribution in [2.75, 3.05) is 19.8 Å². The number of amides is 1. The Labute approximate surface area is 430 Å². The van der Waals surface area contributed by atoms with Gasteiger partial charge in [0.1, 0.15) is 48.8 Å². The van der Waals surface area contributed by atoms with Crippen LogP contribution in [0.1, 0.15) is 226 Å². The summed E-state index contributed by atoms with van der Waals surface area (Å²) in [6.45, 7) is 2.78. The minimum absolute atomic E-state index is 0.253. The lowest BCUT2D eigenvalue weighted by molar-refractivity contribution is -0.359. The molecule has 0 aromatic rings. The molecule has 2 fully saturated rings. The fraction of sp³-hybridized carbons (Fsp3) is 0.877. The predicted molar refractivity (Wildman–Crippen MR) is 281 cm³/mol. The molecule has 12 atom stereocenters. The second-order valence-electron chi connectivity index (χ2n) is 20.4. The first-order valence-electron chi connectivity index (χ1n) is 28.7. The zero-order valence-corrected chi connectivity index (χ0v) is 44.5. The number of nitrogens with one attached hydrogen (secondary N) is 1. The van der Waals surface area contributed by atoms with Crippen LogP contribution in [0.4, 0.5) is 0 Å². The lowest BCUT2D eigenvalue weighted by Crippen LogP contribution is -2.65. The normalized spacial score (nSPS) is 26.0. The van der Waals surface area contributed by atoms with Gasteiger partial charge in [0.15, 0.2) is 12.6 Å². The van der Waals surface area contributed by atoms with Crippen LogP contribution in [0.25, 0.3) is 0 Å². The van der Waals surface area contributed by atoms with Crippen LogP contribution in [0.3, 0.4) is 0 Å². The number of hydrogen-bond donors (Lipinski definition) is 9. The van der Waals surface area contributed by atoms with Crippen molar-refractivity contribution in [3.63, 3.8) is 0 Å². The van der Waals surface area contributed by atoms with Crippen LogP contribution in [0.15, 0.2) is 36.5 Å². The molecule has 0 spiro atoms. The first-order valence-corrected chi connectivity index (χ1v) is 28.7. The molecule has 0 aromatic carbocycles. The third-order valence-electron chi connectivity index (χ3n) is 14.0. The van der Waals surface area contributed by atoms with Gasteiger partial charge < -0.3 is 65.1 Å². The summed E-state index contributed by atoms with van der Waals surface area (Å²) in [5, 5.41) is 87.0. The SMILES string of the molecule is CCCCCCCCC/C=C\CCCCCCCCCC(=O)NC(COC1OC(CO)C(OC2OC(CO)C(O)C(O)C2O)C(O)C1O)C(O)/C=C/CC/C=C/CCCCCCCCCCCCCCC. The van der Waals surface area contributed by atoms with Crippen LogP contribution in [-0.2, 0) is 23.7 Å². The second kappa shape index (κ2) is 43.4. The molecular weight excluding hydrogens is 907 g/mol. The summed E-state index contributed by atoms with van der Waals surface area (Å²) >= 11 is 0. The molecule has 14 nitrogen and oxygen atoms in total. The van der Waals surface area contributed by atoms with Gasteiger partial charge >= 0.3 is 0 Å². The van der Waals surface area contributed by atoms with Gasteiger partial charge in [0, 0.05) is 6.42 Å². The van der Waals surface area contributed by atoms with Crippen molar-refractivity contribution in [3.05, 3.63) is 36.5 Å². The smallest absolute Gasteiger partial charge is 0.220 e. The molecule has 416 valence electrons. The average Bonchev–Trinajstić information content (AvgIpc) is 3.37. The molecular formula is C57H105NO13.